The van der Waals surface area contributed by atoms with Crippen molar-refractivity contribution in [3.8, 4) is 0 Å². The third kappa shape index (κ3) is 3.26. The van der Waals surface area contributed by atoms with Crippen molar-refractivity contribution in [2.75, 3.05) is 20.7 Å². The molecule has 9 heteroatoms. The molecule has 1 rings (SSSR count). The minimum absolute atomic E-state index is 0.354. The van der Waals surface area contributed by atoms with Crippen LogP contribution in [0, 0.1) is 0 Å². The van der Waals surface area contributed by atoms with Crippen LogP contribution >= 0.6 is 12.2 Å². The molecule has 1 saturated heterocycles. The van der Waals surface area contributed by atoms with Gasteiger partial charge in [-0.25, -0.2) is 5.43 Å². The van der Waals surface area contributed by atoms with Gasteiger partial charge in [0, 0.05) is 14.1 Å². The predicted molar refractivity (Wildman–Crippen MR) is 66.3 cm³/mol. The van der Waals surface area contributed by atoms with Crippen LogP contribution in [0.3, 0.4) is 0 Å². The SMILES string of the molecule is CNC(=S)N(C)N[C@H]1O[C@@H](CO)[C@@H](O)[C@@H](O)[C@@H]1O. The molecule has 6 N–H and O–H groups in total. The lowest BCUT2D eigenvalue weighted by Gasteiger charge is -2.41. The maximum absolute atomic E-state index is 9.76. The fourth-order valence-corrected chi connectivity index (χ4v) is 1.68. The quantitative estimate of drug-likeness (QED) is 0.234. The molecule has 0 aromatic heterocycles. The van der Waals surface area contributed by atoms with Gasteiger partial charge in [-0.3, -0.25) is 5.01 Å². The first-order valence-electron chi connectivity index (χ1n) is 5.44. The first-order valence-corrected chi connectivity index (χ1v) is 5.85. The summed E-state index contributed by atoms with van der Waals surface area (Å²) in [6, 6.07) is 0. The first kappa shape index (κ1) is 15.5. The van der Waals surface area contributed by atoms with E-state index in [0.717, 1.165) is 0 Å². The van der Waals surface area contributed by atoms with Gasteiger partial charge in [0.1, 0.15) is 24.4 Å². The Hall–Kier alpha value is -0.550. The fourth-order valence-electron chi connectivity index (χ4n) is 1.63. The standard InChI is InChI=1S/C9H19N3O5S/c1-10-9(18)12(2)11-8-7(16)6(15)5(14)4(3-13)17-8/h4-8,11,13-16H,3H2,1-2H3,(H,10,18)/t4-,5+,6+,7-,8-/m0/s1. The summed E-state index contributed by atoms with van der Waals surface area (Å²) in [5.74, 6) is 0. The van der Waals surface area contributed by atoms with Gasteiger partial charge in [-0.2, -0.15) is 0 Å². The number of rotatable bonds is 3. The van der Waals surface area contributed by atoms with E-state index >= 15 is 0 Å². The molecular formula is C9H19N3O5S. The fraction of sp³-hybridized carbons (Fsp3) is 0.889. The summed E-state index contributed by atoms with van der Waals surface area (Å²) >= 11 is 4.95. The van der Waals surface area contributed by atoms with Crippen LogP contribution in [0.4, 0.5) is 0 Å². The molecule has 0 amide bonds. The maximum atomic E-state index is 9.76. The zero-order valence-electron chi connectivity index (χ0n) is 10.1. The highest BCUT2D eigenvalue weighted by atomic mass is 32.1. The number of hydrogen-bond donors (Lipinski definition) is 6. The van der Waals surface area contributed by atoms with Crippen LogP contribution in [0.1, 0.15) is 0 Å². The highest BCUT2D eigenvalue weighted by Crippen LogP contribution is 2.19. The van der Waals surface area contributed by atoms with E-state index in [1.165, 1.54) is 5.01 Å². The number of aliphatic hydroxyl groups is 4. The zero-order valence-corrected chi connectivity index (χ0v) is 11.0. The van der Waals surface area contributed by atoms with Crippen LogP contribution < -0.4 is 10.7 Å². The van der Waals surface area contributed by atoms with E-state index in [2.05, 4.69) is 10.7 Å². The average Bonchev–Trinajstić information content (AvgIpc) is 2.38. The molecule has 5 atom stereocenters. The molecule has 1 fully saturated rings. The lowest BCUT2D eigenvalue weighted by molar-refractivity contribution is -0.243. The average molecular weight is 281 g/mol. The largest absolute Gasteiger partial charge is 0.394 e. The topological polar surface area (TPSA) is 117 Å². The molecule has 18 heavy (non-hydrogen) atoms. The number of hydrogen-bond acceptors (Lipinski definition) is 7. The minimum Gasteiger partial charge on any atom is -0.394 e. The van der Waals surface area contributed by atoms with Crippen molar-refractivity contribution in [1.29, 1.82) is 0 Å². The van der Waals surface area contributed by atoms with Gasteiger partial charge in [0.2, 0.25) is 0 Å². The summed E-state index contributed by atoms with van der Waals surface area (Å²) in [6.45, 7) is -0.469. The van der Waals surface area contributed by atoms with Gasteiger partial charge in [0.25, 0.3) is 0 Å². The van der Waals surface area contributed by atoms with E-state index in [1.54, 1.807) is 14.1 Å². The van der Waals surface area contributed by atoms with Crippen molar-refractivity contribution in [3.63, 3.8) is 0 Å². The lowest BCUT2D eigenvalue weighted by Crippen LogP contribution is -2.65. The van der Waals surface area contributed by atoms with Crippen molar-refractivity contribution in [3.05, 3.63) is 0 Å². The van der Waals surface area contributed by atoms with Gasteiger partial charge in [-0.05, 0) is 12.2 Å². The van der Waals surface area contributed by atoms with Gasteiger partial charge in [-0.15, -0.1) is 0 Å². The summed E-state index contributed by atoms with van der Waals surface area (Å²) in [4.78, 5) is 0. The van der Waals surface area contributed by atoms with Crippen LogP contribution in [-0.4, -0.2) is 81.9 Å². The third-order valence-corrected chi connectivity index (χ3v) is 3.21. The van der Waals surface area contributed by atoms with Crippen LogP contribution in [0.15, 0.2) is 0 Å². The van der Waals surface area contributed by atoms with E-state index < -0.39 is 37.3 Å². The number of nitrogens with zero attached hydrogens (tertiary/aromatic N) is 1. The summed E-state index contributed by atoms with van der Waals surface area (Å²) < 4.78 is 5.25. The van der Waals surface area contributed by atoms with E-state index in [-0.39, 0.29) is 0 Å². The molecular weight excluding hydrogens is 262 g/mol. The second-order valence-electron chi connectivity index (χ2n) is 3.99. The van der Waals surface area contributed by atoms with Crippen LogP contribution in [0.2, 0.25) is 0 Å². The van der Waals surface area contributed by atoms with Gasteiger partial charge in [0.05, 0.1) is 6.61 Å². The second-order valence-corrected chi connectivity index (χ2v) is 4.38. The van der Waals surface area contributed by atoms with Crippen molar-refractivity contribution in [1.82, 2.24) is 15.8 Å². The summed E-state index contributed by atoms with van der Waals surface area (Å²) in [5, 5.41) is 42.4. The summed E-state index contributed by atoms with van der Waals surface area (Å²) in [7, 11) is 3.23. The van der Waals surface area contributed by atoms with E-state index in [0.29, 0.717) is 5.11 Å². The molecule has 0 spiro atoms. The molecule has 0 radical (unpaired) electrons. The van der Waals surface area contributed by atoms with Crippen molar-refractivity contribution in [2.24, 2.45) is 0 Å². The molecule has 0 bridgehead atoms. The number of nitrogens with one attached hydrogen (secondary N) is 2. The van der Waals surface area contributed by atoms with Gasteiger partial charge >= 0.3 is 0 Å². The third-order valence-electron chi connectivity index (χ3n) is 2.73. The summed E-state index contributed by atoms with van der Waals surface area (Å²) in [5.41, 5.74) is 2.71. The highest BCUT2D eigenvalue weighted by molar-refractivity contribution is 7.80. The number of thiocarbonyl (C=S) groups is 1. The Morgan fingerprint density at radius 2 is 1.89 bits per heavy atom. The van der Waals surface area contributed by atoms with Gasteiger partial charge < -0.3 is 30.5 Å². The maximum Gasteiger partial charge on any atom is 0.183 e. The molecule has 1 heterocycles. The lowest BCUT2D eigenvalue weighted by atomic mass is 9.99. The number of aliphatic hydroxyl groups excluding tert-OH is 4. The Morgan fingerprint density at radius 1 is 1.28 bits per heavy atom. The van der Waals surface area contributed by atoms with Gasteiger partial charge in [-0.1, -0.05) is 0 Å². The Balaban J connectivity index is 2.67. The van der Waals surface area contributed by atoms with Crippen LogP contribution in [0.5, 0.6) is 0 Å². The molecule has 0 aliphatic carbocycles. The second kappa shape index (κ2) is 6.57. The van der Waals surface area contributed by atoms with Crippen molar-refractivity contribution >= 4 is 17.3 Å². The monoisotopic (exact) mass is 281 g/mol. The van der Waals surface area contributed by atoms with E-state index in [9.17, 15) is 15.3 Å². The molecule has 8 nitrogen and oxygen atoms in total. The molecule has 0 unspecified atom stereocenters. The molecule has 1 aliphatic rings. The molecule has 0 aromatic rings. The summed E-state index contributed by atoms with van der Waals surface area (Å²) in [6.07, 6.45) is -6.06. The number of hydrazine groups is 1. The number of ether oxygens (including phenoxy) is 1. The van der Waals surface area contributed by atoms with Crippen LogP contribution in [-0.2, 0) is 4.74 Å². The normalized spacial score (nSPS) is 36.2. The Kier molecular flexibility index (Phi) is 5.66. The Morgan fingerprint density at radius 3 is 2.39 bits per heavy atom. The minimum atomic E-state index is -1.41. The van der Waals surface area contributed by atoms with E-state index in [1.807, 2.05) is 0 Å². The molecule has 0 aromatic carbocycles. The Bertz CT molecular complexity index is 293. The van der Waals surface area contributed by atoms with Gasteiger partial charge in [0.15, 0.2) is 11.3 Å². The molecule has 106 valence electrons. The first-order chi connectivity index (χ1) is 8.42. The van der Waals surface area contributed by atoms with Crippen molar-refractivity contribution in [2.45, 2.75) is 30.6 Å². The van der Waals surface area contributed by atoms with Crippen molar-refractivity contribution < 1.29 is 25.2 Å². The Labute approximate surface area is 110 Å². The molecule has 0 saturated carbocycles. The van der Waals surface area contributed by atoms with Crippen LogP contribution in [0.25, 0.3) is 0 Å². The predicted octanol–water partition coefficient (Wildman–Crippen LogP) is -3.27. The zero-order chi connectivity index (χ0) is 13.9. The highest BCUT2D eigenvalue weighted by Gasteiger charge is 2.43. The smallest absolute Gasteiger partial charge is 0.183 e. The molecule has 1 aliphatic heterocycles. The van der Waals surface area contributed by atoms with E-state index in [4.69, 9.17) is 22.1 Å².